The molecule has 1 heterocycles. The first kappa shape index (κ1) is 20.0. The van der Waals surface area contributed by atoms with Crippen LogP contribution in [0.5, 0.6) is 0 Å². The van der Waals surface area contributed by atoms with E-state index in [2.05, 4.69) is 17.2 Å². The van der Waals surface area contributed by atoms with Crippen molar-refractivity contribution < 1.29 is 14.7 Å². The SMILES string of the molecule is CCCCCCCCCC(=O)C1=C(c2ccccc2)N=NC1(C)C(=O)O. The zero-order chi connectivity index (χ0) is 19.0. The van der Waals surface area contributed by atoms with Crippen molar-refractivity contribution in [3.8, 4) is 0 Å². The number of aliphatic carboxylic acids is 1. The third-order valence-corrected chi connectivity index (χ3v) is 4.82. The third kappa shape index (κ3) is 4.65. The highest BCUT2D eigenvalue weighted by Gasteiger charge is 2.46. The van der Waals surface area contributed by atoms with Crippen molar-refractivity contribution in [1.82, 2.24) is 0 Å². The monoisotopic (exact) mass is 356 g/mol. The Balaban J connectivity index is 2.08. The molecule has 1 aromatic rings. The molecule has 1 aliphatic heterocycles. The summed E-state index contributed by atoms with van der Waals surface area (Å²) in [6.07, 6.45) is 8.12. The van der Waals surface area contributed by atoms with Crippen molar-refractivity contribution in [1.29, 1.82) is 0 Å². The predicted molar refractivity (Wildman–Crippen MR) is 102 cm³/mol. The van der Waals surface area contributed by atoms with Gasteiger partial charge in [-0.25, -0.2) is 4.79 Å². The van der Waals surface area contributed by atoms with Crippen LogP contribution in [-0.2, 0) is 9.59 Å². The van der Waals surface area contributed by atoms with Crippen molar-refractivity contribution in [2.24, 2.45) is 10.2 Å². The normalized spacial score (nSPS) is 19.2. The first-order chi connectivity index (χ1) is 12.5. The van der Waals surface area contributed by atoms with E-state index in [0.29, 0.717) is 12.1 Å². The van der Waals surface area contributed by atoms with E-state index in [0.717, 1.165) is 24.8 Å². The van der Waals surface area contributed by atoms with Crippen LogP contribution in [0.25, 0.3) is 5.70 Å². The second kappa shape index (κ2) is 9.41. The summed E-state index contributed by atoms with van der Waals surface area (Å²) in [6, 6.07) is 9.19. The molecular formula is C21H28N2O3. The van der Waals surface area contributed by atoms with Gasteiger partial charge in [0.25, 0.3) is 0 Å². The number of carboxylic acids is 1. The van der Waals surface area contributed by atoms with E-state index in [4.69, 9.17) is 0 Å². The van der Waals surface area contributed by atoms with Crippen molar-refractivity contribution in [3.05, 3.63) is 41.5 Å². The zero-order valence-electron chi connectivity index (χ0n) is 15.7. The summed E-state index contributed by atoms with van der Waals surface area (Å²) in [5.74, 6) is -1.30. The number of nitrogens with zero attached hydrogens (tertiary/aromatic N) is 2. The van der Waals surface area contributed by atoms with Crippen molar-refractivity contribution in [3.63, 3.8) is 0 Å². The number of hydrogen-bond donors (Lipinski definition) is 1. The maximum atomic E-state index is 12.8. The van der Waals surface area contributed by atoms with Gasteiger partial charge in [0.1, 0.15) is 5.70 Å². The van der Waals surface area contributed by atoms with E-state index in [9.17, 15) is 14.7 Å². The van der Waals surface area contributed by atoms with Gasteiger partial charge in [-0.15, -0.1) is 0 Å². The minimum absolute atomic E-state index is 0.160. The molecule has 0 radical (unpaired) electrons. The summed E-state index contributed by atoms with van der Waals surface area (Å²) in [5.41, 5.74) is -0.265. The molecule has 1 aliphatic rings. The number of azo groups is 1. The van der Waals surface area contributed by atoms with Crippen LogP contribution in [0.3, 0.4) is 0 Å². The first-order valence-electron chi connectivity index (χ1n) is 9.50. The maximum Gasteiger partial charge on any atom is 0.338 e. The lowest BCUT2D eigenvalue weighted by Crippen LogP contribution is -2.37. The molecule has 0 fully saturated rings. The number of hydrogen-bond acceptors (Lipinski definition) is 4. The smallest absolute Gasteiger partial charge is 0.338 e. The minimum atomic E-state index is -1.59. The Hall–Kier alpha value is -2.30. The van der Waals surface area contributed by atoms with Gasteiger partial charge in [0.15, 0.2) is 5.78 Å². The Morgan fingerprint density at radius 1 is 1.00 bits per heavy atom. The van der Waals surface area contributed by atoms with Gasteiger partial charge >= 0.3 is 5.97 Å². The molecule has 0 saturated carbocycles. The van der Waals surface area contributed by atoms with E-state index in [1.165, 1.54) is 32.6 Å². The lowest BCUT2D eigenvalue weighted by Gasteiger charge is -2.18. The van der Waals surface area contributed by atoms with Crippen LogP contribution < -0.4 is 0 Å². The highest BCUT2D eigenvalue weighted by atomic mass is 16.4. The van der Waals surface area contributed by atoms with Gasteiger partial charge in [-0.05, 0) is 13.3 Å². The number of Topliss-reactive ketones (excluding diaryl/α,β-unsaturated/α-hetero) is 1. The summed E-state index contributed by atoms with van der Waals surface area (Å²) in [5, 5.41) is 17.6. The molecule has 5 heteroatoms. The summed E-state index contributed by atoms with van der Waals surface area (Å²) in [4.78, 5) is 24.6. The fourth-order valence-electron chi connectivity index (χ4n) is 3.20. The minimum Gasteiger partial charge on any atom is -0.479 e. The molecule has 0 aliphatic carbocycles. The summed E-state index contributed by atoms with van der Waals surface area (Å²) in [6.45, 7) is 3.64. The van der Waals surface area contributed by atoms with Gasteiger partial charge in [0.05, 0.1) is 5.57 Å². The molecular weight excluding hydrogens is 328 g/mol. The molecule has 0 amide bonds. The van der Waals surface area contributed by atoms with Gasteiger partial charge in [-0.3, -0.25) is 4.79 Å². The van der Waals surface area contributed by atoms with Crippen LogP contribution in [0, 0.1) is 0 Å². The van der Waals surface area contributed by atoms with Crippen LogP contribution in [0.4, 0.5) is 0 Å². The molecule has 0 aromatic heterocycles. The molecule has 0 bridgehead atoms. The molecule has 1 unspecified atom stereocenters. The summed E-state index contributed by atoms with van der Waals surface area (Å²) in [7, 11) is 0. The van der Waals surface area contributed by atoms with E-state index < -0.39 is 11.5 Å². The standard InChI is InChI=1S/C21H28N2O3/c1-3-4-5-6-7-8-12-15-17(24)18-19(16-13-10-9-11-14-16)22-23-21(18,2)20(25)26/h9-11,13-14H,3-8,12,15H2,1-2H3,(H,25,26). The van der Waals surface area contributed by atoms with Crippen molar-refractivity contribution in [2.75, 3.05) is 0 Å². The Morgan fingerprint density at radius 2 is 1.62 bits per heavy atom. The number of benzene rings is 1. The molecule has 2 rings (SSSR count). The second-order valence-electron chi connectivity index (χ2n) is 6.96. The quantitative estimate of drug-likeness (QED) is 0.538. The van der Waals surface area contributed by atoms with Gasteiger partial charge in [-0.1, -0.05) is 75.8 Å². The Morgan fingerprint density at radius 3 is 2.23 bits per heavy atom. The molecule has 1 N–H and O–H groups in total. The van der Waals surface area contributed by atoms with Crippen molar-refractivity contribution in [2.45, 2.75) is 70.8 Å². The fraction of sp³-hybridized carbons (Fsp3) is 0.524. The maximum absolute atomic E-state index is 12.8. The van der Waals surface area contributed by atoms with Gasteiger partial charge in [0, 0.05) is 12.0 Å². The summed E-state index contributed by atoms with van der Waals surface area (Å²) >= 11 is 0. The van der Waals surface area contributed by atoms with Crippen molar-refractivity contribution >= 4 is 17.4 Å². The molecule has 1 aromatic carbocycles. The largest absolute Gasteiger partial charge is 0.479 e. The molecule has 1 atom stereocenters. The highest BCUT2D eigenvalue weighted by molar-refractivity contribution is 6.11. The average molecular weight is 356 g/mol. The lowest BCUT2D eigenvalue weighted by atomic mass is 9.85. The third-order valence-electron chi connectivity index (χ3n) is 4.82. The van der Waals surface area contributed by atoms with Crippen LogP contribution in [0.2, 0.25) is 0 Å². The second-order valence-corrected chi connectivity index (χ2v) is 6.96. The molecule has 140 valence electrons. The Labute approximate surface area is 155 Å². The van der Waals surface area contributed by atoms with E-state index in [-0.39, 0.29) is 11.4 Å². The number of unbranched alkanes of at least 4 members (excludes halogenated alkanes) is 6. The molecule has 26 heavy (non-hydrogen) atoms. The lowest BCUT2D eigenvalue weighted by molar-refractivity contribution is -0.142. The fourth-order valence-corrected chi connectivity index (χ4v) is 3.20. The van der Waals surface area contributed by atoms with E-state index in [1.54, 1.807) is 0 Å². The number of rotatable bonds is 11. The number of ketones is 1. The van der Waals surface area contributed by atoms with Crippen LogP contribution >= 0.6 is 0 Å². The van der Waals surface area contributed by atoms with Crippen LogP contribution in [0.1, 0.15) is 70.8 Å². The number of carboxylic acid groups (broad SMARTS) is 1. The predicted octanol–water partition coefficient (Wildman–Crippen LogP) is 5.42. The molecule has 5 nitrogen and oxygen atoms in total. The average Bonchev–Trinajstić information content (AvgIpc) is 3.00. The zero-order valence-corrected chi connectivity index (χ0v) is 15.7. The first-order valence-corrected chi connectivity index (χ1v) is 9.50. The van der Waals surface area contributed by atoms with Crippen LogP contribution in [-0.4, -0.2) is 22.4 Å². The molecule has 0 saturated heterocycles. The van der Waals surface area contributed by atoms with E-state index >= 15 is 0 Å². The van der Waals surface area contributed by atoms with Gasteiger partial charge in [-0.2, -0.15) is 10.2 Å². The highest BCUT2D eigenvalue weighted by Crippen LogP contribution is 2.39. The Kier molecular flexibility index (Phi) is 7.25. The van der Waals surface area contributed by atoms with Crippen LogP contribution in [0.15, 0.2) is 46.1 Å². The van der Waals surface area contributed by atoms with Gasteiger partial charge < -0.3 is 5.11 Å². The Bertz CT molecular complexity index is 694. The van der Waals surface area contributed by atoms with Gasteiger partial charge in [0.2, 0.25) is 5.54 Å². The van der Waals surface area contributed by atoms with E-state index in [1.807, 2.05) is 30.3 Å². The number of carbonyl (C=O) groups is 2. The summed E-state index contributed by atoms with van der Waals surface area (Å²) < 4.78 is 0. The number of carbonyl (C=O) groups excluding carboxylic acids is 1. The topological polar surface area (TPSA) is 79.1 Å². The molecule has 0 spiro atoms.